The van der Waals surface area contributed by atoms with Crippen LogP contribution in [0.15, 0.2) is 38.8 Å². The maximum absolute atomic E-state index is 11.7. The van der Waals surface area contributed by atoms with Gasteiger partial charge in [-0.15, -0.1) is 6.58 Å². The molecule has 0 radical (unpaired) electrons. The molecule has 1 unspecified atom stereocenters. The van der Waals surface area contributed by atoms with E-state index in [1.807, 2.05) is 13.0 Å². The average molecular weight is 534 g/mol. The summed E-state index contributed by atoms with van der Waals surface area (Å²) in [6.07, 6.45) is 11.9. The molecule has 4 aromatic heterocycles. The molecule has 12 nitrogen and oxygen atoms in total. The second-order valence-corrected chi connectivity index (χ2v) is 11.0. The number of imidazole rings is 1. The topological polar surface area (TPSA) is 153 Å². The zero-order valence-corrected chi connectivity index (χ0v) is 22.4. The van der Waals surface area contributed by atoms with Gasteiger partial charge in [-0.3, -0.25) is 9.51 Å². The van der Waals surface area contributed by atoms with Crippen LogP contribution in [0.4, 0.5) is 11.8 Å². The molecule has 0 spiro atoms. The summed E-state index contributed by atoms with van der Waals surface area (Å²) in [5.41, 5.74) is 1.34. The third-order valence-electron chi connectivity index (χ3n) is 8.37. The molecule has 12 heteroatoms. The number of anilines is 2. The maximum Gasteiger partial charge on any atom is 0.439 e. The number of hydrogen-bond acceptors (Lipinski definition) is 10. The number of allylic oxidation sites excluding steroid dienone is 1. The molecule has 2 aliphatic carbocycles. The Balaban J connectivity index is 1.44. The Labute approximate surface area is 225 Å². The van der Waals surface area contributed by atoms with Gasteiger partial charge in [-0.2, -0.15) is 4.98 Å². The van der Waals surface area contributed by atoms with Gasteiger partial charge in [-0.25, -0.2) is 14.8 Å². The fourth-order valence-corrected chi connectivity index (χ4v) is 5.71. The van der Waals surface area contributed by atoms with Crippen LogP contribution < -0.4 is 16.4 Å². The predicted octanol–water partition coefficient (Wildman–Crippen LogP) is 4.92. The van der Waals surface area contributed by atoms with Gasteiger partial charge in [0.25, 0.3) is 0 Å². The molecule has 2 aliphatic rings. The highest BCUT2D eigenvalue weighted by Gasteiger charge is 2.29. The van der Waals surface area contributed by atoms with E-state index in [0.29, 0.717) is 40.9 Å². The highest BCUT2D eigenvalue weighted by atomic mass is 16.5. The molecule has 2 saturated carbocycles. The van der Waals surface area contributed by atoms with Gasteiger partial charge >= 0.3 is 5.76 Å². The lowest BCUT2D eigenvalue weighted by molar-refractivity contribution is 0.283. The molecule has 0 bridgehead atoms. The Morgan fingerprint density at radius 3 is 2.59 bits per heavy atom. The zero-order chi connectivity index (χ0) is 26.9. The first-order valence-corrected chi connectivity index (χ1v) is 13.9. The minimum atomic E-state index is -0.657. The summed E-state index contributed by atoms with van der Waals surface area (Å²) in [5, 5.41) is 14.9. The minimum Gasteiger partial charge on any atom is -0.365 e. The number of rotatable bonds is 10. The predicted molar refractivity (Wildman–Crippen MR) is 146 cm³/mol. The van der Waals surface area contributed by atoms with E-state index in [0.717, 1.165) is 37.7 Å². The van der Waals surface area contributed by atoms with E-state index < -0.39 is 5.76 Å². The van der Waals surface area contributed by atoms with E-state index in [4.69, 9.17) is 24.0 Å². The second-order valence-electron chi connectivity index (χ2n) is 11.0. The van der Waals surface area contributed by atoms with Crippen molar-refractivity contribution in [2.45, 2.75) is 77.4 Å². The zero-order valence-electron chi connectivity index (χ0n) is 22.4. The van der Waals surface area contributed by atoms with Crippen molar-refractivity contribution in [2.75, 3.05) is 10.6 Å². The molecule has 4 heterocycles. The third kappa shape index (κ3) is 5.19. The van der Waals surface area contributed by atoms with Gasteiger partial charge in [0, 0.05) is 18.7 Å². The molecule has 4 aromatic rings. The molecule has 2 atom stereocenters. The molecule has 206 valence electrons. The number of aromatic amines is 1. The number of H-pyrrole nitrogens is 1. The lowest BCUT2D eigenvalue weighted by Gasteiger charge is -2.32. The van der Waals surface area contributed by atoms with Crippen molar-refractivity contribution in [1.82, 2.24) is 34.8 Å². The lowest BCUT2D eigenvalue weighted by atomic mass is 9.80. The van der Waals surface area contributed by atoms with Crippen LogP contribution in [0, 0.1) is 17.8 Å². The summed E-state index contributed by atoms with van der Waals surface area (Å²) < 4.78 is 12.3. The second kappa shape index (κ2) is 10.7. The van der Waals surface area contributed by atoms with Crippen molar-refractivity contribution in [3.8, 4) is 11.6 Å². The monoisotopic (exact) mass is 533 g/mol. The molecule has 3 N–H and O–H groups in total. The largest absolute Gasteiger partial charge is 0.439 e. The van der Waals surface area contributed by atoms with Gasteiger partial charge in [-0.05, 0) is 70.1 Å². The van der Waals surface area contributed by atoms with Crippen LogP contribution in [-0.2, 0) is 6.54 Å². The van der Waals surface area contributed by atoms with Crippen LogP contribution in [0.5, 0.6) is 0 Å². The van der Waals surface area contributed by atoms with Gasteiger partial charge in [0.05, 0.1) is 12.2 Å². The molecule has 0 amide bonds. The van der Waals surface area contributed by atoms with Gasteiger partial charge < -0.3 is 19.7 Å². The van der Waals surface area contributed by atoms with E-state index in [-0.39, 0.29) is 23.7 Å². The molecule has 6 rings (SSSR count). The Kier molecular flexibility index (Phi) is 6.92. The summed E-state index contributed by atoms with van der Waals surface area (Å²) in [6.45, 7) is 8.98. The van der Waals surface area contributed by atoms with Crippen LogP contribution in [0.25, 0.3) is 22.8 Å². The van der Waals surface area contributed by atoms with Crippen molar-refractivity contribution in [3.05, 3.63) is 41.2 Å². The van der Waals surface area contributed by atoms with Gasteiger partial charge in [-0.1, -0.05) is 22.8 Å². The molecular weight excluding hydrogens is 498 g/mol. The molecule has 2 fully saturated rings. The van der Waals surface area contributed by atoms with Crippen molar-refractivity contribution in [1.29, 1.82) is 0 Å². The Morgan fingerprint density at radius 2 is 1.95 bits per heavy atom. The van der Waals surface area contributed by atoms with Crippen LogP contribution in [0.1, 0.15) is 70.6 Å². The van der Waals surface area contributed by atoms with Gasteiger partial charge in [0.1, 0.15) is 5.52 Å². The number of nitrogens with one attached hydrogen (secondary N) is 3. The van der Waals surface area contributed by atoms with E-state index >= 15 is 0 Å². The van der Waals surface area contributed by atoms with E-state index in [1.54, 1.807) is 6.20 Å². The summed E-state index contributed by atoms with van der Waals surface area (Å²) in [4.78, 5) is 28.7. The minimum absolute atomic E-state index is 0.163. The first-order chi connectivity index (χ1) is 19.0. The molecule has 0 aliphatic heterocycles. The molecule has 0 aromatic carbocycles. The summed E-state index contributed by atoms with van der Waals surface area (Å²) in [6, 6.07) is 1.90. The summed E-state index contributed by atoms with van der Waals surface area (Å²) in [7, 11) is 0. The standard InChI is InChI=1S/C27H35N9O3/c1-4-17-8-10-18(11-9-17)14-36-21-22(29-15(2)19-6-5-7-19)31-24(25-34-27(37)39-35-25)32-23(21)33-26(36)30-16(3)20-12-13-28-38-20/h4,12-13,15-19H,1,5-11,14H2,2-3H3,(H,34,35,37)(H2,29,30,31,32,33)/t15-,16?,17?,18?/m1/s1. The fourth-order valence-electron chi connectivity index (χ4n) is 5.71. The lowest BCUT2D eigenvalue weighted by Crippen LogP contribution is -2.31. The van der Waals surface area contributed by atoms with Crippen LogP contribution >= 0.6 is 0 Å². The first-order valence-electron chi connectivity index (χ1n) is 13.9. The number of fused-ring (bicyclic) bond motifs is 1. The number of aromatic nitrogens is 7. The van der Waals surface area contributed by atoms with Crippen LogP contribution in [0.3, 0.4) is 0 Å². The maximum atomic E-state index is 11.7. The molecule has 39 heavy (non-hydrogen) atoms. The number of hydrogen-bond donors (Lipinski definition) is 3. The highest BCUT2D eigenvalue weighted by molar-refractivity contribution is 5.87. The van der Waals surface area contributed by atoms with Crippen molar-refractivity contribution in [3.63, 3.8) is 0 Å². The quantitative estimate of drug-likeness (QED) is 0.239. The molecule has 0 saturated heterocycles. The van der Waals surface area contributed by atoms with Crippen molar-refractivity contribution >= 4 is 22.9 Å². The fraction of sp³-hybridized carbons (Fsp3) is 0.556. The van der Waals surface area contributed by atoms with Gasteiger partial charge in [0.15, 0.2) is 17.2 Å². The van der Waals surface area contributed by atoms with Crippen molar-refractivity contribution in [2.24, 2.45) is 17.8 Å². The van der Waals surface area contributed by atoms with Crippen LogP contribution in [-0.4, -0.2) is 40.9 Å². The first kappa shape index (κ1) is 25.3. The highest BCUT2D eigenvalue weighted by Crippen LogP contribution is 2.36. The summed E-state index contributed by atoms with van der Waals surface area (Å²) in [5.74, 6) is 3.49. The Morgan fingerprint density at radius 1 is 1.13 bits per heavy atom. The van der Waals surface area contributed by atoms with E-state index in [9.17, 15) is 4.79 Å². The van der Waals surface area contributed by atoms with Gasteiger partial charge in [0.2, 0.25) is 17.6 Å². The average Bonchev–Trinajstić information content (AvgIpc) is 3.64. The van der Waals surface area contributed by atoms with Crippen molar-refractivity contribution < 1.29 is 9.05 Å². The summed E-state index contributed by atoms with van der Waals surface area (Å²) >= 11 is 0. The Bertz CT molecular complexity index is 1480. The smallest absolute Gasteiger partial charge is 0.365 e. The normalized spacial score (nSPS) is 21.4. The van der Waals surface area contributed by atoms with Crippen LogP contribution in [0.2, 0.25) is 0 Å². The Hall–Kier alpha value is -3.96. The molecular formula is C27H35N9O3. The SMILES string of the molecule is C=CC1CCC(Cn2c(NC(C)c3ccno3)nc3nc(-c4noc(=O)[nH]4)nc(N[C@H](C)C4CCC4)c32)CC1. The van der Waals surface area contributed by atoms with E-state index in [1.165, 1.54) is 19.3 Å². The third-order valence-corrected chi connectivity index (χ3v) is 8.37. The van der Waals surface area contributed by atoms with E-state index in [2.05, 4.69) is 50.1 Å². The number of nitrogens with zero attached hydrogens (tertiary/aromatic N) is 6.